The third-order valence-electron chi connectivity index (χ3n) is 7.55. The molecule has 2 aromatic rings. The molecule has 2 aliphatic rings. The van der Waals surface area contributed by atoms with Gasteiger partial charge < -0.3 is 20.1 Å². The van der Waals surface area contributed by atoms with Crippen molar-refractivity contribution in [3.63, 3.8) is 0 Å². The number of carbonyl (C=O) groups is 2. The van der Waals surface area contributed by atoms with Crippen LogP contribution in [0, 0.1) is 11.3 Å². The van der Waals surface area contributed by atoms with E-state index >= 15 is 0 Å². The number of ether oxygens (including phenoxy) is 1. The predicted octanol–water partition coefficient (Wildman–Crippen LogP) is 2.68. The molecule has 13 heteroatoms. The summed E-state index contributed by atoms with van der Waals surface area (Å²) < 4.78 is 32.0. The van der Waals surface area contributed by atoms with E-state index in [1.807, 2.05) is 0 Å². The number of sulfone groups is 1. The van der Waals surface area contributed by atoms with Crippen LogP contribution in [0.1, 0.15) is 84.3 Å². The SMILES string of the molecule is CCn1nc(C(=O)NCc2ccc(C#N)cc2)c2c1C(=O)N(CC1(S(=O)(=O)C(C)(C)CO)CC1)CC2OC(C)Br. The first-order valence-corrected chi connectivity index (χ1v) is 15.5. The number of alkyl halides is 1. The Kier molecular flexibility index (Phi) is 8.48. The summed E-state index contributed by atoms with van der Waals surface area (Å²) in [6, 6.07) is 8.88. The van der Waals surface area contributed by atoms with E-state index in [0.717, 1.165) is 5.56 Å². The fraction of sp³-hybridized carbons (Fsp3) is 0.556. The zero-order valence-corrected chi connectivity index (χ0v) is 25.4. The van der Waals surface area contributed by atoms with Gasteiger partial charge in [-0.05, 0) is 58.2 Å². The van der Waals surface area contributed by atoms with Crippen LogP contribution in [0.4, 0.5) is 0 Å². The molecule has 1 aromatic heterocycles. The number of amides is 2. The summed E-state index contributed by atoms with van der Waals surface area (Å²) in [5.74, 6) is -0.892. The number of nitrogens with one attached hydrogen (secondary N) is 1. The summed E-state index contributed by atoms with van der Waals surface area (Å²) in [6.07, 6.45) is 0.0554. The third kappa shape index (κ3) is 5.42. The van der Waals surface area contributed by atoms with Gasteiger partial charge in [0.05, 0.1) is 34.3 Å². The van der Waals surface area contributed by atoms with Crippen molar-refractivity contribution in [1.29, 1.82) is 5.26 Å². The number of aliphatic hydroxyl groups is 1. The molecule has 216 valence electrons. The molecule has 1 aromatic carbocycles. The van der Waals surface area contributed by atoms with Gasteiger partial charge in [0.1, 0.15) is 16.8 Å². The average Bonchev–Trinajstić information content (AvgIpc) is 3.61. The van der Waals surface area contributed by atoms with Gasteiger partial charge in [0.15, 0.2) is 15.5 Å². The molecular weight excluding hydrogens is 602 g/mol. The van der Waals surface area contributed by atoms with Crippen molar-refractivity contribution in [2.45, 2.75) is 74.2 Å². The monoisotopic (exact) mass is 635 g/mol. The van der Waals surface area contributed by atoms with E-state index in [-0.39, 0.29) is 31.0 Å². The van der Waals surface area contributed by atoms with Crippen molar-refractivity contribution >= 4 is 37.6 Å². The fourth-order valence-electron chi connectivity index (χ4n) is 5.03. The molecular formula is C27H34BrN5O6S. The highest BCUT2D eigenvalue weighted by molar-refractivity contribution is 9.09. The number of nitriles is 1. The molecule has 0 bridgehead atoms. The van der Waals surface area contributed by atoms with Crippen molar-refractivity contribution in [2.24, 2.45) is 0 Å². The molecule has 0 saturated heterocycles. The molecule has 2 atom stereocenters. The molecule has 0 radical (unpaired) electrons. The van der Waals surface area contributed by atoms with Crippen LogP contribution >= 0.6 is 15.9 Å². The molecule has 40 heavy (non-hydrogen) atoms. The van der Waals surface area contributed by atoms with Gasteiger partial charge in [0.2, 0.25) is 0 Å². The van der Waals surface area contributed by atoms with Crippen LogP contribution in [0.15, 0.2) is 24.3 Å². The topological polar surface area (TPSA) is 155 Å². The Morgan fingerprint density at radius 3 is 2.52 bits per heavy atom. The zero-order valence-electron chi connectivity index (χ0n) is 23.0. The second-order valence-corrected chi connectivity index (χ2v) is 15.1. The molecule has 1 saturated carbocycles. The molecule has 1 aliphatic carbocycles. The predicted molar refractivity (Wildman–Crippen MR) is 150 cm³/mol. The van der Waals surface area contributed by atoms with Gasteiger partial charge >= 0.3 is 0 Å². The second kappa shape index (κ2) is 11.2. The molecule has 11 nitrogen and oxygen atoms in total. The molecule has 2 unspecified atom stereocenters. The van der Waals surface area contributed by atoms with E-state index in [9.17, 15) is 23.1 Å². The largest absolute Gasteiger partial charge is 0.395 e. The smallest absolute Gasteiger partial charge is 0.272 e. The number of rotatable bonds is 11. The Labute approximate surface area is 242 Å². The molecule has 2 heterocycles. The lowest BCUT2D eigenvalue weighted by Crippen LogP contribution is -2.52. The van der Waals surface area contributed by atoms with Crippen LogP contribution in [0.2, 0.25) is 0 Å². The minimum Gasteiger partial charge on any atom is -0.395 e. The Morgan fingerprint density at radius 1 is 1.35 bits per heavy atom. The van der Waals surface area contributed by atoms with Crippen molar-refractivity contribution < 1.29 is 27.9 Å². The summed E-state index contributed by atoms with van der Waals surface area (Å²) in [7, 11) is -3.78. The quantitative estimate of drug-likeness (QED) is 0.357. The number of nitrogens with zero attached hydrogens (tertiary/aromatic N) is 4. The summed E-state index contributed by atoms with van der Waals surface area (Å²) in [5.41, 5.74) is 1.95. The van der Waals surface area contributed by atoms with E-state index < -0.39 is 48.9 Å². The van der Waals surface area contributed by atoms with Crippen molar-refractivity contribution in [3.05, 3.63) is 52.3 Å². The molecule has 2 N–H and O–H groups in total. The van der Waals surface area contributed by atoms with Crippen molar-refractivity contribution in [3.8, 4) is 6.07 Å². The van der Waals surface area contributed by atoms with Gasteiger partial charge in [0.25, 0.3) is 11.8 Å². The molecule has 1 aliphatic heterocycles. The van der Waals surface area contributed by atoms with Gasteiger partial charge in [-0.2, -0.15) is 10.4 Å². The number of aliphatic hydroxyl groups excluding tert-OH is 1. The summed E-state index contributed by atoms with van der Waals surface area (Å²) in [5, 5.41) is 25.7. The summed E-state index contributed by atoms with van der Waals surface area (Å²) in [4.78, 5) is 28.7. The lowest BCUT2D eigenvalue weighted by Gasteiger charge is -2.37. The lowest BCUT2D eigenvalue weighted by molar-refractivity contribution is 0.00938. The first kappa shape index (κ1) is 30.2. The zero-order chi connectivity index (χ0) is 29.5. The van der Waals surface area contributed by atoms with Crippen molar-refractivity contribution in [1.82, 2.24) is 20.0 Å². The number of aromatic nitrogens is 2. The van der Waals surface area contributed by atoms with Crippen LogP contribution < -0.4 is 5.32 Å². The Hall–Kier alpha value is -2.79. The molecule has 1 fully saturated rings. The minimum absolute atomic E-state index is 0.0390. The van der Waals surface area contributed by atoms with Crippen LogP contribution in [-0.2, 0) is 27.7 Å². The minimum atomic E-state index is -3.78. The summed E-state index contributed by atoms with van der Waals surface area (Å²) >= 11 is 3.40. The third-order valence-corrected chi connectivity index (χ3v) is 11.0. The maximum Gasteiger partial charge on any atom is 0.272 e. The molecule has 4 rings (SSSR count). The van der Waals surface area contributed by atoms with Crippen molar-refractivity contribution in [2.75, 3.05) is 19.7 Å². The number of halogens is 1. The van der Waals surface area contributed by atoms with E-state index in [0.29, 0.717) is 30.5 Å². The van der Waals surface area contributed by atoms with Gasteiger partial charge in [-0.25, -0.2) is 8.42 Å². The standard InChI is InChI=1S/C27H34BrN5O6S/c1-5-33-23-21(22(31-33)24(35)30-13-19-8-6-18(12-29)7-9-19)20(39-17(2)28)14-32(25(23)36)15-27(10-11-27)40(37,38)26(3,4)16-34/h6-9,17,20,34H,5,10-11,13-16H2,1-4H3,(H,30,35). The highest BCUT2D eigenvalue weighted by Gasteiger charge is 2.61. The van der Waals surface area contributed by atoms with Gasteiger partial charge in [-0.3, -0.25) is 14.3 Å². The van der Waals surface area contributed by atoms with Crippen LogP contribution in [-0.4, -0.2) is 74.2 Å². The molecule has 2 amide bonds. The lowest BCUT2D eigenvalue weighted by atomic mass is 9.99. The number of benzene rings is 1. The van der Waals surface area contributed by atoms with Crippen LogP contribution in [0.3, 0.4) is 0 Å². The first-order valence-electron chi connectivity index (χ1n) is 13.1. The van der Waals surface area contributed by atoms with Gasteiger partial charge in [-0.1, -0.05) is 28.1 Å². The van der Waals surface area contributed by atoms with E-state index in [2.05, 4.69) is 32.4 Å². The second-order valence-electron chi connectivity index (χ2n) is 10.9. The van der Waals surface area contributed by atoms with E-state index in [1.165, 1.54) is 23.4 Å². The number of hydrogen-bond donors (Lipinski definition) is 2. The number of hydrogen-bond acceptors (Lipinski definition) is 8. The Bertz CT molecular complexity index is 1440. The number of carbonyl (C=O) groups excluding carboxylic acids is 2. The molecule has 0 spiro atoms. The summed E-state index contributed by atoms with van der Waals surface area (Å²) in [6.45, 7) is 6.54. The average molecular weight is 637 g/mol. The first-order chi connectivity index (χ1) is 18.8. The Morgan fingerprint density at radius 2 is 2.00 bits per heavy atom. The number of fused-ring (bicyclic) bond motifs is 1. The fourth-order valence-corrected chi connectivity index (χ4v) is 7.60. The van der Waals surface area contributed by atoms with Gasteiger partial charge in [-0.15, -0.1) is 0 Å². The maximum absolute atomic E-state index is 13.9. The Balaban J connectivity index is 1.66. The highest BCUT2D eigenvalue weighted by Crippen LogP contribution is 2.49. The van der Waals surface area contributed by atoms with Gasteiger partial charge in [0, 0.05) is 25.2 Å². The normalized spacial score (nSPS) is 19.1. The highest BCUT2D eigenvalue weighted by atomic mass is 79.9. The van der Waals surface area contributed by atoms with Crippen LogP contribution in [0.25, 0.3) is 0 Å². The number of aryl methyl sites for hydroxylation is 1. The van der Waals surface area contributed by atoms with Crippen LogP contribution in [0.5, 0.6) is 0 Å². The maximum atomic E-state index is 13.9. The van der Waals surface area contributed by atoms with E-state index in [4.69, 9.17) is 10.00 Å². The van der Waals surface area contributed by atoms with E-state index in [1.54, 1.807) is 38.1 Å².